The Balaban J connectivity index is 2.32. The second kappa shape index (κ2) is 5.67. The molecule has 1 aromatic carbocycles. The molecule has 0 unspecified atom stereocenters. The van der Waals surface area contributed by atoms with Crippen LogP contribution in [0.3, 0.4) is 0 Å². The van der Waals surface area contributed by atoms with Crippen LogP contribution in [0, 0.1) is 12.7 Å². The van der Waals surface area contributed by atoms with Gasteiger partial charge in [-0.15, -0.1) is 0 Å². The van der Waals surface area contributed by atoms with Crippen molar-refractivity contribution in [3.63, 3.8) is 0 Å². The highest BCUT2D eigenvalue weighted by molar-refractivity contribution is 9.10. The summed E-state index contributed by atoms with van der Waals surface area (Å²) in [5.41, 5.74) is 0. The topological polar surface area (TPSA) is 50.5 Å². The first-order valence-corrected chi connectivity index (χ1v) is 8.01. The van der Waals surface area contributed by atoms with E-state index in [9.17, 15) is 12.8 Å². The van der Waals surface area contributed by atoms with Crippen LogP contribution in [0.2, 0.25) is 0 Å². The highest BCUT2D eigenvalue weighted by atomic mass is 79.9. The average Bonchev–Trinajstić information content (AvgIpc) is 2.77. The summed E-state index contributed by atoms with van der Waals surface area (Å²) >= 11 is 3.14. The molecule has 0 saturated carbocycles. The Labute approximate surface area is 125 Å². The maximum absolute atomic E-state index is 13.7. The number of rotatable bonds is 4. The van der Waals surface area contributed by atoms with E-state index in [4.69, 9.17) is 4.42 Å². The largest absolute Gasteiger partial charge is 0.465 e. The standard InChI is InChI=1S/C13H13BrFNO3S/c1-9-3-5-11(19-9)8-16(2)20(17,18)13-7-10(14)4-6-12(13)15/h3-7H,8H2,1-2H3. The summed E-state index contributed by atoms with van der Waals surface area (Å²) < 4.78 is 45.3. The third-order valence-corrected chi connectivity index (χ3v) is 5.07. The van der Waals surface area contributed by atoms with Crippen molar-refractivity contribution in [1.29, 1.82) is 0 Å². The third kappa shape index (κ3) is 3.11. The average molecular weight is 362 g/mol. The van der Waals surface area contributed by atoms with Crippen molar-refractivity contribution in [3.05, 3.63) is 52.1 Å². The van der Waals surface area contributed by atoms with Crippen LogP contribution in [0.15, 0.2) is 44.1 Å². The van der Waals surface area contributed by atoms with E-state index in [2.05, 4.69) is 15.9 Å². The van der Waals surface area contributed by atoms with Crippen molar-refractivity contribution in [2.45, 2.75) is 18.4 Å². The number of furan rings is 1. The minimum atomic E-state index is -3.91. The van der Waals surface area contributed by atoms with Gasteiger partial charge in [0.2, 0.25) is 10.0 Å². The summed E-state index contributed by atoms with van der Waals surface area (Å²) in [7, 11) is -2.53. The lowest BCUT2D eigenvalue weighted by Gasteiger charge is -2.16. The third-order valence-electron chi connectivity index (χ3n) is 2.76. The molecule has 7 heteroatoms. The van der Waals surface area contributed by atoms with E-state index >= 15 is 0 Å². The summed E-state index contributed by atoms with van der Waals surface area (Å²) in [6, 6.07) is 7.24. The lowest BCUT2D eigenvalue weighted by atomic mass is 10.3. The van der Waals surface area contributed by atoms with E-state index in [0.29, 0.717) is 16.0 Å². The van der Waals surface area contributed by atoms with Crippen molar-refractivity contribution >= 4 is 26.0 Å². The molecule has 2 aromatic rings. The number of aryl methyl sites for hydroxylation is 1. The van der Waals surface area contributed by atoms with Crippen LogP contribution in [-0.2, 0) is 16.6 Å². The SMILES string of the molecule is Cc1ccc(CN(C)S(=O)(=O)c2cc(Br)ccc2F)o1. The van der Waals surface area contributed by atoms with E-state index in [1.165, 1.54) is 19.2 Å². The Morgan fingerprint density at radius 2 is 2.00 bits per heavy atom. The first kappa shape index (κ1) is 15.2. The molecule has 20 heavy (non-hydrogen) atoms. The highest BCUT2D eigenvalue weighted by Gasteiger charge is 2.25. The van der Waals surface area contributed by atoms with E-state index in [0.717, 1.165) is 10.4 Å². The Morgan fingerprint density at radius 1 is 1.30 bits per heavy atom. The first-order valence-electron chi connectivity index (χ1n) is 5.77. The van der Waals surface area contributed by atoms with Crippen molar-refractivity contribution in [2.24, 2.45) is 0 Å². The molecule has 1 heterocycles. The summed E-state index contributed by atoms with van der Waals surface area (Å²) in [4.78, 5) is -0.363. The number of hydrogen-bond donors (Lipinski definition) is 0. The van der Waals surface area contributed by atoms with E-state index < -0.39 is 15.8 Å². The molecule has 0 N–H and O–H groups in total. The summed E-state index contributed by atoms with van der Waals surface area (Å²) in [5.74, 6) is 0.416. The molecular formula is C13H13BrFNO3S. The van der Waals surface area contributed by atoms with Gasteiger partial charge < -0.3 is 4.42 Å². The monoisotopic (exact) mass is 361 g/mol. The second-order valence-electron chi connectivity index (χ2n) is 4.35. The fourth-order valence-electron chi connectivity index (χ4n) is 1.72. The molecule has 0 aliphatic heterocycles. The van der Waals surface area contributed by atoms with Crippen LogP contribution in [0.4, 0.5) is 4.39 Å². The van der Waals surface area contributed by atoms with E-state index in [-0.39, 0.29) is 11.4 Å². The van der Waals surface area contributed by atoms with Gasteiger partial charge in [0.25, 0.3) is 0 Å². The van der Waals surface area contributed by atoms with Crippen LogP contribution < -0.4 is 0 Å². The zero-order chi connectivity index (χ0) is 14.9. The zero-order valence-corrected chi connectivity index (χ0v) is 13.3. The summed E-state index contributed by atoms with van der Waals surface area (Å²) in [6.45, 7) is 1.81. The van der Waals surface area contributed by atoms with Gasteiger partial charge in [-0.1, -0.05) is 15.9 Å². The van der Waals surface area contributed by atoms with Crippen molar-refractivity contribution in [1.82, 2.24) is 4.31 Å². The first-order chi connectivity index (χ1) is 9.30. The number of sulfonamides is 1. The van der Waals surface area contributed by atoms with E-state index in [1.54, 1.807) is 19.1 Å². The molecule has 0 bridgehead atoms. The van der Waals surface area contributed by atoms with Crippen LogP contribution in [0.5, 0.6) is 0 Å². The molecule has 0 saturated heterocycles. The molecule has 0 aliphatic rings. The second-order valence-corrected chi connectivity index (χ2v) is 7.28. The minimum absolute atomic E-state index is 0.0438. The normalized spacial score (nSPS) is 12.1. The molecule has 0 aliphatic carbocycles. The van der Waals surface area contributed by atoms with Crippen LogP contribution in [-0.4, -0.2) is 19.8 Å². The molecule has 0 amide bonds. The van der Waals surface area contributed by atoms with Crippen molar-refractivity contribution in [3.8, 4) is 0 Å². The van der Waals surface area contributed by atoms with Gasteiger partial charge in [0.05, 0.1) is 6.54 Å². The molecule has 0 radical (unpaired) electrons. The maximum Gasteiger partial charge on any atom is 0.246 e. The molecule has 0 atom stereocenters. The molecule has 2 rings (SSSR count). The Bertz CT molecular complexity index is 727. The Hall–Kier alpha value is -1.18. The van der Waals surface area contributed by atoms with Crippen LogP contribution in [0.25, 0.3) is 0 Å². The number of hydrogen-bond acceptors (Lipinski definition) is 3. The van der Waals surface area contributed by atoms with Gasteiger partial charge in [0.15, 0.2) is 0 Å². The van der Waals surface area contributed by atoms with Gasteiger partial charge in [-0.05, 0) is 37.3 Å². The predicted octanol–water partition coefficient (Wildman–Crippen LogP) is 3.31. The maximum atomic E-state index is 13.7. The van der Waals surface area contributed by atoms with Gasteiger partial charge in [-0.2, -0.15) is 4.31 Å². The van der Waals surface area contributed by atoms with Gasteiger partial charge in [0.1, 0.15) is 22.2 Å². The molecule has 0 fully saturated rings. The van der Waals surface area contributed by atoms with Crippen molar-refractivity contribution in [2.75, 3.05) is 7.05 Å². The van der Waals surface area contributed by atoms with Crippen molar-refractivity contribution < 1.29 is 17.2 Å². The molecular weight excluding hydrogens is 349 g/mol. The van der Waals surface area contributed by atoms with Crippen LogP contribution in [0.1, 0.15) is 11.5 Å². The fourth-order valence-corrected chi connectivity index (χ4v) is 3.45. The highest BCUT2D eigenvalue weighted by Crippen LogP contribution is 2.24. The predicted molar refractivity (Wildman–Crippen MR) is 76.2 cm³/mol. The lowest BCUT2D eigenvalue weighted by Crippen LogP contribution is -2.27. The summed E-state index contributed by atoms with van der Waals surface area (Å²) in [5, 5.41) is 0. The Kier molecular flexibility index (Phi) is 4.31. The smallest absolute Gasteiger partial charge is 0.246 e. The number of nitrogens with zero attached hydrogens (tertiary/aromatic N) is 1. The minimum Gasteiger partial charge on any atom is -0.465 e. The molecule has 108 valence electrons. The van der Waals surface area contributed by atoms with Gasteiger partial charge in [-0.3, -0.25) is 0 Å². The number of benzene rings is 1. The quantitative estimate of drug-likeness (QED) is 0.839. The van der Waals surface area contributed by atoms with Gasteiger partial charge >= 0.3 is 0 Å². The lowest BCUT2D eigenvalue weighted by molar-refractivity contribution is 0.395. The van der Waals surface area contributed by atoms with Crippen LogP contribution >= 0.6 is 15.9 Å². The molecule has 0 spiro atoms. The van der Waals surface area contributed by atoms with E-state index in [1.807, 2.05) is 0 Å². The molecule has 4 nitrogen and oxygen atoms in total. The molecule has 1 aromatic heterocycles. The van der Waals surface area contributed by atoms with Gasteiger partial charge in [0, 0.05) is 11.5 Å². The zero-order valence-electron chi connectivity index (χ0n) is 10.9. The van der Waals surface area contributed by atoms with Gasteiger partial charge in [-0.25, -0.2) is 12.8 Å². The number of halogens is 2. The fraction of sp³-hybridized carbons (Fsp3) is 0.231. The Morgan fingerprint density at radius 3 is 2.60 bits per heavy atom. The summed E-state index contributed by atoms with van der Waals surface area (Å²) in [6.07, 6.45) is 0.